The topological polar surface area (TPSA) is 59.6 Å². The summed E-state index contributed by atoms with van der Waals surface area (Å²) in [5, 5.41) is 5.77. The van der Waals surface area contributed by atoms with E-state index in [1.54, 1.807) is 0 Å². The fourth-order valence-electron chi connectivity index (χ4n) is 1.97. The Bertz CT molecular complexity index is 231. The van der Waals surface area contributed by atoms with E-state index in [9.17, 15) is 4.79 Å². The Kier molecular flexibility index (Phi) is 9.45. The third-order valence-electron chi connectivity index (χ3n) is 3.29. The van der Waals surface area contributed by atoms with Crippen LogP contribution in [-0.2, 0) is 9.47 Å². The first-order chi connectivity index (χ1) is 9.33. The van der Waals surface area contributed by atoms with Crippen molar-refractivity contribution in [3.05, 3.63) is 0 Å². The van der Waals surface area contributed by atoms with Gasteiger partial charge in [0.25, 0.3) is 0 Å². The van der Waals surface area contributed by atoms with Crippen molar-refractivity contribution in [3.63, 3.8) is 0 Å². The number of rotatable bonds is 9. The lowest BCUT2D eigenvalue weighted by atomic mass is 10.0. The fraction of sp³-hybridized carbons (Fsp3) is 0.929. The van der Waals surface area contributed by atoms with Crippen molar-refractivity contribution in [2.75, 3.05) is 39.5 Å². The minimum absolute atomic E-state index is 0.0694. The molecule has 2 N–H and O–H groups in total. The Hall–Kier alpha value is -0.810. The number of nitrogens with one attached hydrogen (secondary N) is 2. The van der Waals surface area contributed by atoms with Gasteiger partial charge in [0.15, 0.2) is 0 Å². The van der Waals surface area contributed by atoms with E-state index >= 15 is 0 Å². The van der Waals surface area contributed by atoms with Crippen LogP contribution in [0.2, 0.25) is 0 Å². The Morgan fingerprint density at radius 3 is 2.68 bits per heavy atom. The normalized spacial score (nSPS) is 16.3. The minimum atomic E-state index is -0.0694. The number of hydrogen-bond donors (Lipinski definition) is 2. The lowest BCUT2D eigenvalue weighted by Crippen LogP contribution is -2.39. The van der Waals surface area contributed by atoms with E-state index in [-0.39, 0.29) is 6.03 Å². The van der Waals surface area contributed by atoms with Crippen LogP contribution in [0.15, 0.2) is 0 Å². The summed E-state index contributed by atoms with van der Waals surface area (Å²) in [6, 6.07) is -0.0694. The fourth-order valence-corrected chi connectivity index (χ4v) is 1.97. The molecule has 0 bridgehead atoms. The molecular formula is C14H28N2O3. The van der Waals surface area contributed by atoms with Crippen LogP contribution in [0, 0.1) is 5.92 Å². The first-order valence-corrected chi connectivity index (χ1v) is 7.50. The van der Waals surface area contributed by atoms with Crippen LogP contribution in [0.1, 0.15) is 39.0 Å². The standard InChI is InChI=1S/C14H28N2O3/c1-2-3-8-18-9-4-7-15-14(17)16-12-13-5-10-19-11-6-13/h13H,2-12H2,1H3,(H2,15,16,17). The van der Waals surface area contributed by atoms with Gasteiger partial charge >= 0.3 is 6.03 Å². The SMILES string of the molecule is CCCCOCCCNC(=O)NCC1CCOCC1. The maximum atomic E-state index is 11.5. The van der Waals surface area contributed by atoms with Crippen molar-refractivity contribution in [1.29, 1.82) is 0 Å². The second kappa shape index (κ2) is 11.1. The molecule has 0 aromatic carbocycles. The zero-order valence-corrected chi connectivity index (χ0v) is 12.1. The summed E-state index contributed by atoms with van der Waals surface area (Å²) in [4.78, 5) is 11.5. The molecule has 1 aliphatic rings. The van der Waals surface area contributed by atoms with Crippen LogP contribution < -0.4 is 10.6 Å². The largest absolute Gasteiger partial charge is 0.381 e. The molecule has 1 fully saturated rings. The molecule has 0 aromatic heterocycles. The van der Waals surface area contributed by atoms with E-state index in [1.165, 1.54) is 0 Å². The maximum Gasteiger partial charge on any atom is 0.314 e. The van der Waals surface area contributed by atoms with E-state index in [0.717, 1.165) is 65.1 Å². The van der Waals surface area contributed by atoms with Crippen LogP contribution >= 0.6 is 0 Å². The number of hydrogen-bond acceptors (Lipinski definition) is 3. The highest BCUT2D eigenvalue weighted by molar-refractivity contribution is 5.73. The molecule has 19 heavy (non-hydrogen) atoms. The van der Waals surface area contributed by atoms with Gasteiger partial charge in [0, 0.05) is 39.5 Å². The van der Waals surface area contributed by atoms with Crippen LogP contribution in [-0.4, -0.2) is 45.5 Å². The molecule has 5 heteroatoms. The average molecular weight is 272 g/mol. The highest BCUT2D eigenvalue weighted by atomic mass is 16.5. The molecule has 1 saturated heterocycles. The van der Waals surface area contributed by atoms with Crippen LogP contribution in [0.25, 0.3) is 0 Å². The van der Waals surface area contributed by atoms with Gasteiger partial charge in [0.2, 0.25) is 0 Å². The van der Waals surface area contributed by atoms with Crippen LogP contribution in [0.3, 0.4) is 0 Å². The van der Waals surface area contributed by atoms with Gasteiger partial charge in [-0.15, -0.1) is 0 Å². The van der Waals surface area contributed by atoms with Crippen LogP contribution in [0.4, 0.5) is 4.79 Å². The van der Waals surface area contributed by atoms with E-state index in [4.69, 9.17) is 9.47 Å². The average Bonchev–Trinajstić information content (AvgIpc) is 2.45. The van der Waals surface area contributed by atoms with Gasteiger partial charge in [-0.1, -0.05) is 13.3 Å². The maximum absolute atomic E-state index is 11.5. The minimum Gasteiger partial charge on any atom is -0.381 e. The molecule has 0 spiro atoms. The molecule has 2 amide bonds. The predicted octanol–water partition coefficient (Wildman–Crippen LogP) is 1.92. The van der Waals surface area contributed by atoms with Gasteiger partial charge in [0.05, 0.1) is 0 Å². The Balaban J connectivity index is 1.87. The zero-order valence-electron chi connectivity index (χ0n) is 12.1. The number of urea groups is 1. The van der Waals surface area contributed by atoms with Crippen molar-refractivity contribution < 1.29 is 14.3 Å². The molecule has 0 unspecified atom stereocenters. The molecule has 0 aromatic rings. The summed E-state index contributed by atoms with van der Waals surface area (Å²) in [6.07, 6.45) is 5.23. The number of unbranched alkanes of at least 4 members (excludes halogenated alkanes) is 1. The van der Waals surface area contributed by atoms with E-state index < -0.39 is 0 Å². The molecule has 112 valence electrons. The monoisotopic (exact) mass is 272 g/mol. The predicted molar refractivity (Wildman–Crippen MR) is 75.3 cm³/mol. The van der Waals surface area contributed by atoms with Crippen molar-refractivity contribution in [3.8, 4) is 0 Å². The van der Waals surface area contributed by atoms with Gasteiger partial charge in [-0.2, -0.15) is 0 Å². The first-order valence-electron chi connectivity index (χ1n) is 7.50. The summed E-state index contributed by atoms with van der Waals surface area (Å²) in [5.41, 5.74) is 0. The van der Waals surface area contributed by atoms with Gasteiger partial charge in [-0.25, -0.2) is 4.79 Å². The van der Waals surface area contributed by atoms with Gasteiger partial charge in [-0.3, -0.25) is 0 Å². The molecule has 0 aliphatic carbocycles. The molecule has 1 aliphatic heterocycles. The smallest absolute Gasteiger partial charge is 0.314 e. The lowest BCUT2D eigenvalue weighted by Gasteiger charge is -2.22. The van der Waals surface area contributed by atoms with Crippen LogP contribution in [0.5, 0.6) is 0 Å². The summed E-state index contributed by atoms with van der Waals surface area (Å²) < 4.78 is 10.7. The Labute approximate surface area is 116 Å². The van der Waals surface area contributed by atoms with Crippen molar-refractivity contribution in [1.82, 2.24) is 10.6 Å². The Morgan fingerprint density at radius 1 is 1.21 bits per heavy atom. The molecule has 1 heterocycles. The van der Waals surface area contributed by atoms with Gasteiger partial charge in [-0.05, 0) is 31.6 Å². The van der Waals surface area contributed by atoms with Crippen molar-refractivity contribution in [2.24, 2.45) is 5.92 Å². The van der Waals surface area contributed by atoms with Crippen molar-refractivity contribution in [2.45, 2.75) is 39.0 Å². The summed E-state index contributed by atoms with van der Waals surface area (Å²) in [5.74, 6) is 0.567. The second-order valence-corrected chi connectivity index (χ2v) is 5.01. The number of amides is 2. The summed E-state index contributed by atoms with van der Waals surface area (Å²) in [7, 11) is 0. The molecule has 0 saturated carbocycles. The quantitative estimate of drug-likeness (QED) is 0.630. The third-order valence-corrected chi connectivity index (χ3v) is 3.29. The highest BCUT2D eigenvalue weighted by Crippen LogP contribution is 2.12. The van der Waals surface area contributed by atoms with Crippen molar-refractivity contribution >= 4 is 6.03 Å². The summed E-state index contributed by atoms with van der Waals surface area (Å²) in [6.45, 7) is 6.76. The van der Waals surface area contributed by atoms with E-state index in [1.807, 2.05) is 0 Å². The van der Waals surface area contributed by atoms with E-state index in [2.05, 4.69) is 17.6 Å². The number of ether oxygens (including phenoxy) is 2. The lowest BCUT2D eigenvalue weighted by molar-refractivity contribution is 0.0669. The van der Waals surface area contributed by atoms with Gasteiger partial charge in [0.1, 0.15) is 0 Å². The number of carbonyl (C=O) groups excluding carboxylic acids is 1. The molecule has 0 radical (unpaired) electrons. The third kappa shape index (κ3) is 8.83. The molecule has 1 rings (SSSR count). The molecular weight excluding hydrogens is 244 g/mol. The zero-order chi connectivity index (χ0) is 13.8. The second-order valence-electron chi connectivity index (χ2n) is 5.01. The first kappa shape index (κ1) is 16.2. The number of carbonyl (C=O) groups is 1. The molecule has 5 nitrogen and oxygen atoms in total. The highest BCUT2D eigenvalue weighted by Gasteiger charge is 2.14. The summed E-state index contributed by atoms with van der Waals surface area (Å²) >= 11 is 0. The van der Waals surface area contributed by atoms with E-state index in [0.29, 0.717) is 12.5 Å². The molecule has 0 atom stereocenters. The van der Waals surface area contributed by atoms with Gasteiger partial charge < -0.3 is 20.1 Å². The Morgan fingerprint density at radius 2 is 1.95 bits per heavy atom.